The van der Waals surface area contributed by atoms with Crippen molar-refractivity contribution >= 4 is 11.8 Å². The molecular weight excluding hydrogens is 426 g/mol. The Morgan fingerprint density at radius 2 is 1.85 bits per heavy atom. The first-order chi connectivity index (χ1) is 16.4. The summed E-state index contributed by atoms with van der Waals surface area (Å²) < 4.78 is 1.70. The van der Waals surface area contributed by atoms with Crippen LogP contribution in [0.3, 0.4) is 0 Å². The molecule has 1 saturated carbocycles. The first-order valence-corrected chi connectivity index (χ1v) is 12.3. The van der Waals surface area contributed by atoms with Gasteiger partial charge in [-0.15, -0.1) is 5.10 Å². The number of carboxylic acid groups (broad SMARTS) is 1. The Kier molecular flexibility index (Phi) is 7.56. The van der Waals surface area contributed by atoms with Crippen LogP contribution in [0.2, 0.25) is 0 Å². The molecule has 0 saturated heterocycles. The van der Waals surface area contributed by atoms with E-state index >= 15 is 0 Å². The number of carbonyl (C=O) groups excluding carboxylic acids is 1. The Bertz CT molecular complexity index is 1130. The molecule has 4 rings (SSSR count). The van der Waals surface area contributed by atoms with Crippen molar-refractivity contribution < 1.29 is 14.7 Å². The van der Waals surface area contributed by atoms with Crippen molar-refractivity contribution in [3.63, 3.8) is 0 Å². The summed E-state index contributed by atoms with van der Waals surface area (Å²) in [7, 11) is 0. The van der Waals surface area contributed by atoms with Crippen LogP contribution in [-0.2, 0) is 6.54 Å². The number of Topliss-reactive ketones (excluding diaryl/α,β-unsaturated/α-hetero) is 1. The van der Waals surface area contributed by atoms with Gasteiger partial charge in [0.2, 0.25) is 11.6 Å². The lowest BCUT2D eigenvalue weighted by molar-refractivity contribution is 0.0697. The minimum absolute atomic E-state index is 0.0374. The third-order valence-corrected chi connectivity index (χ3v) is 6.83. The molecule has 1 heterocycles. The Labute approximate surface area is 201 Å². The van der Waals surface area contributed by atoms with Crippen LogP contribution >= 0.6 is 0 Å². The number of carboxylic acids is 1. The van der Waals surface area contributed by atoms with Crippen molar-refractivity contribution in [2.24, 2.45) is 17.8 Å². The summed E-state index contributed by atoms with van der Waals surface area (Å²) >= 11 is 0. The predicted octanol–water partition coefficient (Wildman–Crippen LogP) is 6.12. The maximum Gasteiger partial charge on any atom is 0.336 e. The number of hydrogen-bond donors (Lipinski definition) is 1. The number of hydrogen-bond acceptors (Lipinski definition) is 4. The monoisotopic (exact) mass is 459 g/mol. The molecule has 178 valence electrons. The van der Waals surface area contributed by atoms with E-state index in [9.17, 15) is 14.7 Å². The van der Waals surface area contributed by atoms with Crippen LogP contribution < -0.4 is 0 Å². The van der Waals surface area contributed by atoms with E-state index in [0.717, 1.165) is 30.4 Å². The fraction of sp³-hybridized carbons (Fsp3) is 0.429. The van der Waals surface area contributed by atoms with Crippen LogP contribution in [0.25, 0.3) is 11.1 Å². The molecule has 6 heteroatoms. The first-order valence-electron chi connectivity index (χ1n) is 12.3. The van der Waals surface area contributed by atoms with Gasteiger partial charge in [0.05, 0.1) is 12.1 Å². The second-order valence-corrected chi connectivity index (χ2v) is 9.88. The summed E-state index contributed by atoms with van der Waals surface area (Å²) in [4.78, 5) is 28.9. The van der Waals surface area contributed by atoms with Gasteiger partial charge in [0.15, 0.2) is 0 Å². The third kappa shape index (κ3) is 5.79. The van der Waals surface area contributed by atoms with Crippen molar-refractivity contribution in [1.82, 2.24) is 14.8 Å². The fourth-order valence-corrected chi connectivity index (χ4v) is 4.92. The van der Waals surface area contributed by atoms with E-state index in [4.69, 9.17) is 0 Å². The Hall–Kier alpha value is -3.28. The highest BCUT2D eigenvalue weighted by Crippen LogP contribution is 2.34. The highest BCUT2D eigenvalue weighted by Gasteiger charge is 2.29. The van der Waals surface area contributed by atoms with Gasteiger partial charge in [0.25, 0.3) is 0 Å². The van der Waals surface area contributed by atoms with Crippen LogP contribution in [0.5, 0.6) is 0 Å². The molecule has 0 bridgehead atoms. The minimum atomic E-state index is -0.941. The molecule has 0 aliphatic heterocycles. The van der Waals surface area contributed by atoms with E-state index < -0.39 is 5.97 Å². The number of ketones is 1. The van der Waals surface area contributed by atoms with Crippen LogP contribution in [0.1, 0.15) is 78.9 Å². The van der Waals surface area contributed by atoms with Crippen LogP contribution in [0, 0.1) is 17.8 Å². The average Bonchev–Trinajstić information content (AvgIpc) is 3.31. The summed E-state index contributed by atoms with van der Waals surface area (Å²) in [6.45, 7) is 5.01. The lowest BCUT2D eigenvalue weighted by Gasteiger charge is -2.28. The van der Waals surface area contributed by atoms with Crippen LogP contribution in [0.4, 0.5) is 0 Å². The van der Waals surface area contributed by atoms with Gasteiger partial charge in [-0.3, -0.25) is 4.79 Å². The minimum Gasteiger partial charge on any atom is -0.478 e. The Morgan fingerprint density at radius 1 is 1.09 bits per heavy atom. The summed E-state index contributed by atoms with van der Waals surface area (Å²) in [5.74, 6) is 0.834. The van der Waals surface area contributed by atoms with Crippen molar-refractivity contribution in [3.8, 4) is 11.1 Å². The average molecular weight is 460 g/mol. The molecule has 1 fully saturated rings. The summed E-state index contributed by atoms with van der Waals surface area (Å²) in [5, 5.41) is 13.9. The molecule has 1 aromatic heterocycles. The highest BCUT2D eigenvalue weighted by molar-refractivity contribution is 5.96. The molecule has 0 amide bonds. The van der Waals surface area contributed by atoms with E-state index in [1.807, 2.05) is 36.4 Å². The van der Waals surface area contributed by atoms with E-state index in [1.54, 1.807) is 23.1 Å². The molecule has 0 radical (unpaired) electrons. The summed E-state index contributed by atoms with van der Waals surface area (Å²) in [6, 6.07) is 14.7. The van der Waals surface area contributed by atoms with Gasteiger partial charge in [-0.2, -0.15) is 0 Å². The van der Waals surface area contributed by atoms with Gasteiger partial charge in [0, 0.05) is 5.92 Å². The first kappa shape index (κ1) is 23.9. The molecule has 3 aromatic rings. The predicted molar refractivity (Wildman–Crippen MR) is 132 cm³/mol. The molecule has 0 spiro atoms. The van der Waals surface area contributed by atoms with Gasteiger partial charge in [0.1, 0.15) is 6.33 Å². The number of nitrogens with zero attached hydrogens (tertiary/aromatic N) is 3. The van der Waals surface area contributed by atoms with Crippen molar-refractivity contribution in [2.45, 2.75) is 58.9 Å². The number of carbonyl (C=O) groups is 2. The van der Waals surface area contributed by atoms with Gasteiger partial charge >= 0.3 is 5.97 Å². The largest absolute Gasteiger partial charge is 0.478 e. The molecule has 2 unspecified atom stereocenters. The van der Waals surface area contributed by atoms with Gasteiger partial charge in [-0.05, 0) is 47.4 Å². The molecule has 1 N–H and O–H groups in total. The second-order valence-electron chi connectivity index (χ2n) is 9.88. The zero-order chi connectivity index (χ0) is 24.1. The maximum absolute atomic E-state index is 13.1. The van der Waals surface area contributed by atoms with Gasteiger partial charge in [-0.25, -0.2) is 14.5 Å². The SMILES string of the molecule is CC(C)CCC1CCCC(C(=O)c2ncn(Cc3ccc(-c4ccccc4C(=O)O)cc3)n2)C1. The zero-order valence-electron chi connectivity index (χ0n) is 20.0. The molecule has 34 heavy (non-hydrogen) atoms. The zero-order valence-corrected chi connectivity index (χ0v) is 20.0. The fourth-order valence-electron chi connectivity index (χ4n) is 4.92. The normalized spacial score (nSPS) is 18.2. The molecule has 1 aliphatic carbocycles. The summed E-state index contributed by atoms with van der Waals surface area (Å²) in [5.41, 5.74) is 2.82. The van der Waals surface area contributed by atoms with Crippen molar-refractivity contribution in [1.29, 1.82) is 0 Å². The number of benzene rings is 2. The van der Waals surface area contributed by atoms with Crippen molar-refractivity contribution in [3.05, 3.63) is 71.8 Å². The number of rotatable bonds is 9. The van der Waals surface area contributed by atoms with E-state index in [0.29, 0.717) is 29.8 Å². The number of aromatic carboxylic acids is 1. The molecular formula is C28H33N3O3. The molecule has 2 atom stereocenters. The second kappa shape index (κ2) is 10.8. The lowest BCUT2D eigenvalue weighted by atomic mass is 9.77. The lowest BCUT2D eigenvalue weighted by Crippen LogP contribution is -2.24. The van der Waals surface area contributed by atoms with Gasteiger partial charge < -0.3 is 5.11 Å². The standard InChI is InChI=1S/C28H33N3O3/c1-19(2)10-11-20-6-5-7-23(16-20)26(32)27-29-18-31(30-27)17-21-12-14-22(15-13-21)24-8-3-4-9-25(24)28(33)34/h3-4,8-9,12-15,18-20,23H,5-7,10-11,16-17H2,1-2H3,(H,33,34). The van der Waals surface area contributed by atoms with Crippen molar-refractivity contribution in [2.75, 3.05) is 0 Å². The molecule has 2 aromatic carbocycles. The molecule has 1 aliphatic rings. The molecule has 6 nitrogen and oxygen atoms in total. The third-order valence-electron chi connectivity index (χ3n) is 6.83. The highest BCUT2D eigenvalue weighted by atomic mass is 16.4. The quantitative estimate of drug-likeness (QED) is 0.390. The van der Waals surface area contributed by atoms with E-state index in [-0.39, 0.29) is 17.3 Å². The smallest absolute Gasteiger partial charge is 0.336 e. The topological polar surface area (TPSA) is 85.1 Å². The summed E-state index contributed by atoms with van der Waals surface area (Å²) in [6.07, 6.45) is 8.28. The Balaban J connectivity index is 1.39. The Morgan fingerprint density at radius 3 is 2.59 bits per heavy atom. The van der Waals surface area contributed by atoms with E-state index in [2.05, 4.69) is 23.9 Å². The van der Waals surface area contributed by atoms with Crippen LogP contribution in [-0.4, -0.2) is 31.6 Å². The maximum atomic E-state index is 13.1. The van der Waals surface area contributed by atoms with Crippen LogP contribution in [0.15, 0.2) is 54.9 Å². The van der Waals surface area contributed by atoms with E-state index in [1.165, 1.54) is 19.3 Å². The van der Waals surface area contributed by atoms with Gasteiger partial charge in [-0.1, -0.05) is 82.0 Å². The number of aromatic nitrogens is 3.